The summed E-state index contributed by atoms with van der Waals surface area (Å²) in [6.45, 7) is 2.32. The van der Waals surface area contributed by atoms with E-state index >= 15 is 0 Å². The molecule has 1 atom stereocenters. The molecule has 9 heteroatoms. The maximum absolute atomic E-state index is 12.6. The van der Waals surface area contributed by atoms with Gasteiger partial charge in [-0.3, -0.25) is 0 Å². The number of nitrogen functional groups attached to an aromatic ring is 1. The van der Waals surface area contributed by atoms with Crippen molar-refractivity contribution in [1.82, 2.24) is 15.0 Å². The molecule has 1 unspecified atom stereocenters. The summed E-state index contributed by atoms with van der Waals surface area (Å²) in [4.78, 5) is 11.1. The zero-order valence-electron chi connectivity index (χ0n) is 10.5. The quantitative estimate of drug-likeness (QED) is 0.908. The molecular weight excluding hydrogens is 291 g/mol. The first-order valence-corrected chi connectivity index (χ1v) is 6.59. The first-order chi connectivity index (χ1) is 9.36. The van der Waals surface area contributed by atoms with Crippen LogP contribution in [-0.4, -0.2) is 21.5 Å². The summed E-state index contributed by atoms with van der Waals surface area (Å²) in [6.07, 6.45) is -2.87. The molecule has 0 aliphatic carbocycles. The standard InChI is InChI=1S/C11H12F3N5S/c1-6(9-16-2-3-20-9)5-17-8-4-7(11(12,13)14)18-10(15)19-8/h2-4,6H,5H2,1H3,(H3,15,17,18,19). The lowest BCUT2D eigenvalue weighted by molar-refractivity contribution is -0.141. The van der Waals surface area contributed by atoms with Crippen molar-refractivity contribution < 1.29 is 13.2 Å². The molecule has 2 aromatic heterocycles. The summed E-state index contributed by atoms with van der Waals surface area (Å²) in [5, 5.41) is 5.56. The number of hydrogen-bond acceptors (Lipinski definition) is 6. The van der Waals surface area contributed by atoms with Crippen LogP contribution in [0.15, 0.2) is 17.6 Å². The van der Waals surface area contributed by atoms with Gasteiger partial charge >= 0.3 is 6.18 Å². The fraction of sp³-hybridized carbons (Fsp3) is 0.364. The Kier molecular flexibility index (Phi) is 4.07. The molecule has 2 aromatic rings. The van der Waals surface area contributed by atoms with E-state index in [4.69, 9.17) is 5.73 Å². The van der Waals surface area contributed by atoms with Gasteiger partial charge in [0.25, 0.3) is 0 Å². The minimum Gasteiger partial charge on any atom is -0.369 e. The van der Waals surface area contributed by atoms with Gasteiger partial charge in [0.2, 0.25) is 5.95 Å². The van der Waals surface area contributed by atoms with Crippen LogP contribution in [0.3, 0.4) is 0 Å². The van der Waals surface area contributed by atoms with Crippen molar-refractivity contribution in [2.75, 3.05) is 17.6 Å². The van der Waals surface area contributed by atoms with Crippen LogP contribution >= 0.6 is 11.3 Å². The molecule has 108 valence electrons. The molecule has 0 saturated carbocycles. The molecule has 0 amide bonds. The van der Waals surface area contributed by atoms with Crippen molar-refractivity contribution in [3.05, 3.63) is 28.3 Å². The molecule has 0 radical (unpaired) electrons. The van der Waals surface area contributed by atoms with Gasteiger partial charge in [0.05, 0.1) is 5.01 Å². The zero-order chi connectivity index (χ0) is 14.8. The van der Waals surface area contributed by atoms with Crippen LogP contribution in [0.5, 0.6) is 0 Å². The Morgan fingerprint density at radius 1 is 1.40 bits per heavy atom. The molecule has 0 fully saturated rings. The molecule has 0 aliphatic heterocycles. The number of nitrogens with two attached hydrogens (primary N) is 1. The minimum absolute atomic E-state index is 0.0493. The Bertz CT molecular complexity index is 570. The van der Waals surface area contributed by atoms with Gasteiger partial charge < -0.3 is 11.1 Å². The smallest absolute Gasteiger partial charge is 0.369 e. The molecule has 0 aliphatic rings. The third-order valence-corrected chi connectivity index (χ3v) is 3.50. The highest BCUT2D eigenvalue weighted by atomic mass is 32.1. The zero-order valence-corrected chi connectivity index (χ0v) is 11.3. The van der Waals surface area contributed by atoms with E-state index in [1.165, 1.54) is 11.3 Å². The Morgan fingerprint density at radius 3 is 2.75 bits per heavy atom. The van der Waals surface area contributed by atoms with E-state index in [1.807, 2.05) is 12.3 Å². The summed E-state index contributed by atoms with van der Waals surface area (Å²) >= 11 is 1.49. The maximum Gasteiger partial charge on any atom is 0.433 e. The van der Waals surface area contributed by atoms with Crippen molar-refractivity contribution in [3.63, 3.8) is 0 Å². The van der Waals surface area contributed by atoms with Crippen LogP contribution < -0.4 is 11.1 Å². The summed E-state index contributed by atoms with van der Waals surface area (Å²) in [7, 11) is 0. The molecule has 2 heterocycles. The number of alkyl halides is 3. The van der Waals surface area contributed by atoms with Gasteiger partial charge in [-0.15, -0.1) is 11.3 Å². The predicted octanol–water partition coefficient (Wildman–Crippen LogP) is 2.75. The van der Waals surface area contributed by atoms with Crippen LogP contribution in [0, 0.1) is 0 Å². The number of nitrogens with zero attached hydrogens (tertiary/aromatic N) is 3. The van der Waals surface area contributed by atoms with E-state index in [0.717, 1.165) is 11.1 Å². The van der Waals surface area contributed by atoms with Gasteiger partial charge in [-0.05, 0) is 0 Å². The van der Waals surface area contributed by atoms with Crippen molar-refractivity contribution in [2.45, 2.75) is 19.0 Å². The van der Waals surface area contributed by atoms with E-state index in [2.05, 4.69) is 20.3 Å². The number of anilines is 2. The summed E-state index contributed by atoms with van der Waals surface area (Å²) in [5.41, 5.74) is 4.22. The summed E-state index contributed by atoms with van der Waals surface area (Å²) < 4.78 is 37.8. The first-order valence-electron chi connectivity index (χ1n) is 5.71. The van der Waals surface area contributed by atoms with E-state index in [0.29, 0.717) is 6.54 Å². The molecular formula is C11H12F3N5S. The van der Waals surface area contributed by atoms with Gasteiger partial charge in [0.15, 0.2) is 5.69 Å². The van der Waals surface area contributed by atoms with E-state index in [9.17, 15) is 13.2 Å². The number of rotatable bonds is 4. The number of nitrogens with one attached hydrogen (secondary N) is 1. The maximum atomic E-state index is 12.6. The lowest BCUT2D eigenvalue weighted by Crippen LogP contribution is -2.15. The highest BCUT2D eigenvalue weighted by Gasteiger charge is 2.33. The fourth-order valence-corrected chi connectivity index (χ4v) is 2.22. The monoisotopic (exact) mass is 303 g/mol. The number of thiazole rings is 1. The van der Waals surface area contributed by atoms with Crippen molar-refractivity contribution in [1.29, 1.82) is 0 Å². The van der Waals surface area contributed by atoms with E-state index in [-0.39, 0.29) is 11.7 Å². The largest absolute Gasteiger partial charge is 0.433 e. The Morgan fingerprint density at radius 2 is 2.15 bits per heavy atom. The van der Waals surface area contributed by atoms with Crippen LogP contribution in [-0.2, 0) is 6.18 Å². The average Bonchev–Trinajstić information content (AvgIpc) is 2.88. The average molecular weight is 303 g/mol. The van der Waals surface area contributed by atoms with E-state index < -0.39 is 17.8 Å². The second-order valence-electron chi connectivity index (χ2n) is 4.15. The molecule has 5 nitrogen and oxygen atoms in total. The van der Waals surface area contributed by atoms with Crippen molar-refractivity contribution in [2.24, 2.45) is 0 Å². The van der Waals surface area contributed by atoms with Gasteiger partial charge in [0.1, 0.15) is 5.82 Å². The lowest BCUT2D eigenvalue weighted by atomic mass is 10.2. The fourth-order valence-electron chi connectivity index (χ4n) is 1.52. The summed E-state index contributed by atoms with van der Waals surface area (Å²) in [5.74, 6) is -0.307. The molecule has 3 N–H and O–H groups in total. The van der Waals surface area contributed by atoms with Gasteiger partial charge in [-0.1, -0.05) is 6.92 Å². The summed E-state index contributed by atoms with van der Waals surface area (Å²) in [6, 6.07) is 0.838. The third kappa shape index (κ3) is 3.56. The van der Waals surface area contributed by atoms with Gasteiger partial charge in [0, 0.05) is 30.1 Å². The Balaban J connectivity index is 2.08. The topological polar surface area (TPSA) is 76.7 Å². The lowest BCUT2D eigenvalue weighted by Gasteiger charge is -2.12. The number of aromatic nitrogens is 3. The van der Waals surface area contributed by atoms with Gasteiger partial charge in [-0.25, -0.2) is 9.97 Å². The predicted molar refractivity (Wildman–Crippen MR) is 70.5 cm³/mol. The van der Waals surface area contributed by atoms with E-state index in [1.54, 1.807) is 6.20 Å². The van der Waals surface area contributed by atoms with Crippen LogP contribution in [0.4, 0.5) is 24.9 Å². The van der Waals surface area contributed by atoms with Crippen LogP contribution in [0.2, 0.25) is 0 Å². The molecule has 20 heavy (non-hydrogen) atoms. The normalized spacial score (nSPS) is 13.2. The number of hydrogen-bond donors (Lipinski definition) is 2. The minimum atomic E-state index is -4.55. The van der Waals surface area contributed by atoms with Crippen molar-refractivity contribution >= 4 is 23.1 Å². The second kappa shape index (κ2) is 5.61. The first kappa shape index (κ1) is 14.5. The van der Waals surface area contributed by atoms with Gasteiger partial charge in [-0.2, -0.15) is 18.2 Å². The van der Waals surface area contributed by atoms with Crippen LogP contribution in [0.1, 0.15) is 23.5 Å². The Hall–Kier alpha value is -1.90. The molecule has 0 bridgehead atoms. The Labute approximate surface area is 117 Å². The third-order valence-electron chi connectivity index (χ3n) is 2.50. The second-order valence-corrected chi connectivity index (χ2v) is 5.07. The molecule has 0 saturated heterocycles. The highest BCUT2D eigenvalue weighted by molar-refractivity contribution is 7.09. The number of halogens is 3. The SMILES string of the molecule is CC(CNc1cc(C(F)(F)F)nc(N)n1)c1nccs1. The molecule has 0 aromatic carbocycles. The molecule has 2 rings (SSSR count). The van der Waals surface area contributed by atoms with Crippen molar-refractivity contribution in [3.8, 4) is 0 Å². The highest BCUT2D eigenvalue weighted by Crippen LogP contribution is 2.29. The molecule has 0 spiro atoms. The van der Waals surface area contributed by atoms with Crippen LogP contribution in [0.25, 0.3) is 0 Å².